The third kappa shape index (κ3) is 4.44. The monoisotopic (exact) mass is 320 g/mol. The van der Waals surface area contributed by atoms with Crippen molar-refractivity contribution in [3.05, 3.63) is 41.3 Å². The van der Waals surface area contributed by atoms with Crippen molar-refractivity contribution >= 4 is 28.6 Å². The highest BCUT2D eigenvalue weighted by molar-refractivity contribution is 8.00. The van der Waals surface area contributed by atoms with Gasteiger partial charge in [0.05, 0.1) is 11.1 Å². The van der Waals surface area contributed by atoms with E-state index in [4.69, 9.17) is 0 Å². The maximum absolute atomic E-state index is 13.3. The van der Waals surface area contributed by atoms with E-state index in [1.165, 1.54) is 12.1 Å². The molecule has 0 unspecified atom stereocenters. The highest BCUT2D eigenvalue weighted by Crippen LogP contribution is 2.22. The van der Waals surface area contributed by atoms with Crippen LogP contribution >= 0.6 is 11.8 Å². The number of carbonyl (C=O) groups excluding carboxylic acids is 1. The Labute approximate surface area is 134 Å². The summed E-state index contributed by atoms with van der Waals surface area (Å²) in [4.78, 5) is 16.7. The standard InChI is InChI=1S/C17H21FN2OS/c1-11-9-14(13-6-5-12(18)10-15(13)20-11)16(21)19-7-8-22-17(2,3)4/h5-6,9-10H,7-8H2,1-4H3,(H,19,21). The molecule has 0 saturated carbocycles. The summed E-state index contributed by atoms with van der Waals surface area (Å²) in [6.07, 6.45) is 0. The number of amides is 1. The van der Waals surface area contributed by atoms with Crippen molar-refractivity contribution in [1.29, 1.82) is 0 Å². The fraction of sp³-hybridized carbons (Fsp3) is 0.412. The Bertz CT molecular complexity index is 690. The molecule has 0 radical (unpaired) electrons. The number of carbonyl (C=O) groups is 1. The number of fused-ring (bicyclic) bond motifs is 1. The number of halogens is 1. The summed E-state index contributed by atoms with van der Waals surface area (Å²) in [5.41, 5.74) is 1.75. The Kier molecular flexibility index (Phi) is 5.06. The number of pyridine rings is 1. The number of benzene rings is 1. The van der Waals surface area contributed by atoms with Crippen molar-refractivity contribution in [3.8, 4) is 0 Å². The summed E-state index contributed by atoms with van der Waals surface area (Å²) in [6.45, 7) is 8.84. The molecule has 0 aliphatic carbocycles. The molecule has 0 aliphatic heterocycles. The van der Waals surface area contributed by atoms with Gasteiger partial charge in [-0.2, -0.15) is 11.8 Å². The molecule has 5 heteroatoms. The van der Waals surface area contributed by atoms with Crippen LogP contribution in [0.2, 0.25) is 0 Å². The molecule has 1 amide bonds. The third-order valence-electron chi connectivity index (χ3n) is 3.07. The Morgan fingerprint density at radius 3 is 2.73 bits per heavy atom. The third-order valence-corrected chi connectivity index (χ3v) is 4.34. The van der Waals surface area contributed by atoms with Crippen LogP contribution in [0.25, 0.3) is 10.9 Å². The average molecular weight is 320 g/mol. The molecule has 0 atom stereocenters. The van der Waals surface area contributed by atoms with E-state index in [1.54, 1.807) is 30.8 Å². The molecule has 22 heavy (non-hydrogen) atoms. The number of rotatable bonds is 4. The van der Waals surface area contributed by atoms with Crippen LogP contribution in [0.4, 0.5) is 4.39 Å². The van der Waals surface area contributed by atoms with Gasteiger partial charge in [-0.25, -0.2) is 4.39 Å². The van der Waals surface area contributed by atoms with Crippen molar-refractivity contribution in [2.24, 2.45) is 0 Å². The molecular weight excluding hydrogens is 299 g/mol. The van der Waals surface area contributed by atoms with Crippen LogP contribution in [0.3, 0.4) is 0 Å². The predicted octanol–water partition coefficient (Wildman–Crippen LogP) is 3.94. The van der Waals surface area contributed by atoms with E-state index < -0.39 is 0 Å². The summed E-state index contributed by atoms with van der Waals surface area (Å²) < 4.78 is 13.5. The summed E-state index contributed by atoms with van der Waals surface area (Å²) in [6, 6.07) is 6.06. The van der Waals surface area contributed by atoms with Crippen molar-refractivity contribution < 1.29 is 9.18 Å². The van der Waals surface area contributed by atoms with Crippen LogP contribution in [-0.4, -0.2) is 27.9 Å². The van der Waals surface area contributed by atoms with E-state index in [0.29, 0.717) is 28.7 Å². The molecule has 0 saturated heterocycles. The zero-order chi connectivity index (χ0) is 16.3. The Hall–Kier alpha value is -1.62. The first-order chi connectivity index (χ1) is 10.3. The van der Waals surface area contributed by atoms with Gasteiger partial charge >= 0.3 is 0 Å². The number of hydrogen-bond acceptors (Lipinski definition) is 3. The van der Waals surface area contributed by atoms with Crippen LogP contribution in [0.5, 0.6) is 0 Å². The van der Waals surface area contributed by atoms with Gasteiger partial charge in [0.1, 0.15) is 5.82 Å². The molecular formula is C17H21FN2OS. The molecule has 1 aromatic carbocycles. The number of nitrogens with zero attached hydrogens (tertiary/aromatic N) is 1. The average Bonchev–Trinajstić information content (AvgIpc) is 2.40. The molecule has 0 aliphatic rings. The Balaban J connectivity index is 2.14. The zero-order valence-electron chi connectivity index (χ0n) is 13.4. The van der Waals surface area contributed by atoms with Crippen molar-refractivity contribution in [1.82, 2.24) is 10.3 Å². The van der Waals surface area contributed by atoms with Gasteiger partial charge < -0.3 is 5.32 Å². The number of thioether (sulfide) groups is 1. The van der Waals surface area contributed by atoms with Crippen LogP contribution in [0, 0.1) is 12.7 Å². The maximum atomic E-state index is 13.3. The van der Waals surface area contributed by atoms with Gasteiger partial charge in [-0.05, 0) is 25.1 Å². The normalized spacial score (nSPS) is 11.7. The maximum Gasteiger partial charge on any atom is 0.252 e. The Morgan fingerprint density at radius 2 is 2.05 bits per heavy atom. The van der Waals surface area contributed by atoms with Gasteiger partial charge in [-0.3, -0.25) is 9.78 Å². The minimum absolute atomic E-state index is 0.142. The first kappa shape index (κ1) is 16.7. The first-order valence-electron chi connectivity index (χ1n) is 7.25. The summed E-state index contributed by atoms with van der Waals surface area (Å²) >= 11 is 1.80. The molecule has 2 rings (SSSR count). The lowest BCUT2D eigenvalue weighted by Gasteiger charge is -2.17. The SMILES string of the molecule is Cc1cc(C(=O)NCCSC(C)(C)C)c2ccc(F)cc2n1. The minimum Gasteiger partial charge on any atom is -0.351 e. The molecule has 2 aromatic rings. The molecule has 1 heterocycles. The van der Waals surface area contributed by atoms with Gasteiger partial charge in [0.25, 0.3) is 5.91 Å². The van der Waals surface area contributed by atoms with E-state index in [0.717, 1.165) is 5.75 Å². The second-order valence-electron chi connectivity index (χ2n) is 6.19. The summed E-state index contributed by atoms with van der Waals surface area (Å²) in [7, 11) is 0. The summed E-state index contributed by atoms with van der Waals surface area (Å²) in [5, 5.41) is 3.60. The first-order valence-corrected chi connectivity index (χ1v) is 8.24. The lowest BCUT2D eigenvalue weighted by molar-refractivity contribution is 0.0957. The lowest BCUT2D eigenvalue weighted by atomic mass is 10.1. The van der Waals surface area contributed by atoms with E-state index in [9.17, 15) is 9.18 Å². The number of aryl methyl sites for hydroxylation is 1. The highest BCUT2D eigenvalue weighted by Gasteiger charge is 2.13. The fourth-order valence-corrected chi connectivity index (χ4v) is 2.96. The van der Waals surface area contributed by atoms with E-state index in [2.05, 4.69) is 31.1 Å². The number of nitrogens with one attached hydrogen (secondary N) is 1. The van der Waals surface area contributed by atoms with Crippen molar-refractivity contribution in [2.75, 3.05) is 12.3 Å². The second kappa shape index (κ2) is 6.65. The molecule has 0 spiro atoms. The molecule has 118 valence electrons. The molecule has 1 N–H and O–H groups in total. The predicted molar refractivity (Wildman–Crippen MR) is 91.0 cm³/mol. The van der Waals surface area contributed by atoms with Crippen molar-refractivity contribution in [2.45, 2.75) is 32.4 Å². The van der Waals surface area contributed by atoms with Gasteiger partial charge in [0, 0.05) is 34.2 Å². The minimum atomic E-state index is -0.349. The quantitative estimate of drug-likeness (QED) is 0.868. The van der Waals surface area contributed by atoms with E-state index in [-0.39, 0.29) is 16.5 Å². The second-order valence-corrected chi connectivity index (χ2v) is 8.11. The molecule has 0 bridgehead atoms. The highest BCUT2D eigenvalue weighted by atomic mass is 32.2. The van der Waals surface area contributed by atoms with Crippen LogP contribution < -0.4 is 5.32 Å². The van der Waals surface area contributed by atoms with Crippen molar-refractivity contribution in [3.63, 3.8) is 0 Å². The molecule has 1 aromatic heterocycles. The molecule has 0 fully saturated rings. The smallest absolute Gasteiger partial charge is 0.252 e. The number of aromatic nitrogens is 1. The van der Waals surface area contributed by atoms with Crippen LogP contribution in [0.1, 0.15) is 36.8 Å². The van der Waals surface area contributed by atoms with Gasteiger partial charge in [0.15, 0.2) is 0 Å². The fourth-order valence-electron chi connectivity index (χ4n) is 2.14. The van der Waals surface area contributed by atoms with E-state index >= 15 is 0 Å². The largest absolute Gasteiger partial charge is 0.351 e. The van der Waals surface area contributed by atoms with Gasteiger partial charge in [0.2, 0.25) is 0 Å². The van der Waals surface area contributed by atoms with Gasteiger partial charge in [-0.15, -0.1) is 0 Å². The lowest BCUT2D eigenvalue weighted by Crippen LogP contribution is -2.27. The zero-order valence-corrected chi connectivity index (χ0v) is 14.2. The van der Waals surface area contributed by atoms with E-state index in [1.807, 2.05) is 0 Å². The van der Waals surface area contributed by atoms with Crippen LogP contribution in [-0.2, 0) is 0 Å². The summed E-state index contributed by atoms with van der Waals surface area (Å²) in [5.74, 6) is 0.362. The van der Waals surface area contributed by atoms with Gasteiger partial charge in [-0.1, -0.05) is 20.8 Å². The number of hydrogen-bond donors (Lipinski definition) is 1. The molecule has 3 nitrogen and oxygen atoms in total. The van der Waals surface area contributed by atoms with Crippen LogP contribution in [0.15, 0.2) is 24.3 Å². The topological polar surface area (TPSA) is 42.0 Å². The Morgan fingerprint density at radius 1 is 1.32 bits per heavy atom.